The van der Waals surface area contributed by atoms with Gasteiger partial charge in [0.1, 0.15) is 5.75 Å². The third-order valence-electron chi connectivity index (χ3n) is 3.60. The standard InChI is InChI=1S/C15H19N3OS/c1-19-14-4-2-3-13(11-14)12-17-6-8-18(9-7-17)15-16-5-10-20-15/h2-5,10-11H,6-9,12H2,1H3. The SMILES string of the molecule is COc1cccc(CN2CCN(c3nccs3)CC2)c1. The Morgan fingerprint density at radius 3 is 2.80 bits per heavy atom. The molecule has 0 radical (unpaired) electrons. The summed E-state index contributed by atoms with van der Waals surface area (Å²) < 4.78 is 5.28. The summed E-state index contributed by atoms with van der Waals surface area (Å²) >= 11 is 1.72. The van der Waals surface area contributed by atoms with Gasteiger partial charge < -0.3 is 9.64 Å². The van der Waals surface area contributed by atoms with Gasteiger partial charge in [-0.2, -0.15) is 0 Å². The molecule has 20 heavy (non-hydrogen) atoms. The first-order chi connectivity index (χ1) is 9.85. The largest absolute Gasteiger partial charge is 0.497 e. The Morgan fingerprint density at radius 2 is 2.10 bits per heavy atom. The maximum absolute atomic E-state index is 5.28. The van der Waals surface area contributed by atoms with E-state index in [2.05, 4.69) is 33.0 Å². The van der Waals surface area contributed by atoms with Gasteiger partial charge >= 0.3 is 0 Å². The van der Waals surface area contributed by atoms with Crippen molar-refractivity contribution >= 4 is 16.5 Å². The molecule has 4 nitrogen and oxygen atoms in total. The Bertz CT molecular complexity index is 536. The van der Waals surface area contributed by atoms with Crippen LogP contribution in [0.4, 0.5) is 5.13 Å². The molecule has 106 valence electrons. The molecule has 0 atom stereocenters. The minimum atomic E-state index is 0.934. The van der Waals surface area contributed by atoms with E-state index in [1.54, 1.807) is 18.4 Å². The van der Waals surface area contributed by atoms with E-state index >= 15 is 0 Å². The van der Waals surface area contributed by atoms with Crippen LogP contribution in [0, 0.1) is 0 Å². The molecule has 3 rings (SSSR count). The maximum Gasteiger partial charge on any atom is 0.185 e. The zero-order valence-corrected chi connectivity index (χ0v) is 12.5. The highest BCUT2D eigenvalue weighted by molar-refractivity contribution is 7.13. The molecule has 0 N–H and O–H groups in total. The number of nitrogens with zero attached hydrogens (tertiary/aromatic N) is 3. The van der Waals surface area contributed by atoms with Gasteiger partial charge in [0.05, 0.1) is 7.11 Å². The molecule has 1 aromatic heterocycles. The van der Waals surface area contributed by atoms with Crippen LogP contribution in [0.1, 0.15) is 5.56 Å². The molecular weight excluding hydrogens is 270 g/mol. The molecule has 0 saturated carbocycles. The van der Waals surface area contributed by atoms with Crippen molar-refractivity contribution < 1.29 is 4.74 Å². The monoisotopic (exact) mass is 289 g/mol. The molecular formula is C15H19N3OS. The number of aromatic nitrogens is 1. The van der Waals surface area contributed by atoms with Crippen LogP contribution in [0.25, 0.3) is 0 Å². The second-order valence-corrected chi connectivity index (χ2v) is 5.80. The summed E-state index contributed by atoms with van der Waals surface area (Å²) in [4.78, 5) is 9.23. The first kappa shape index (κ1) is 13.4. The number of hydrogen-bond acceptors (Lipinski definition) is 5. The molecule has 0 spiro atoms. The summed E-state index contributed by atoms with van der Waals surface area (Å²) in [6, 6.07) is 8.33. The van der Waals surface area contributed by atoms with Crippen LogP contribution in [0.5, 0.6) is 5.75 Å². The molecule has 1 saturated heterocycles. The average Bonchev–Trinajstić information content (AvgIpc) is 3.02. The molecule has 0 unspecified atom stereocenters. The fourth-order valence-electron chi connectivity index (χ4n) is 2.50. The van der Waals surface area contributed by atoms with E-state index in [0.29, 0.717) is 0 Å². The number of thiazole rings is 1. The summed E-state index contributed by atoms with van der Waals surface area (Å²) in [6.45, 7) is 5.26. The lowest BCUT2D eigenvalue weighted by Gasteiger charge is -2.34. The van der Waals surface area contributed by atoms with Crippen LogP contribution >= 0.6 is 11.3 Å². The van der Waals surface area contributed by atoms with E-state index in [0.717, 1.165) is 43.6 Å². The molecule has 0 amide bonds. The van der Waals surface area contributed by atoms with Crippen molar-refractivity contribution in [2.75, 3.05) is 38.2 Å². The van der Waals surface area contributed by atoms with Crippen LogP contribution in [0.3, 0.4) is 0 Å². The lowest BCUT2D eigenvalue weighted by molar-refractivity contribution is 0.249. The van der Waals surface area contributed by atoms with Crippen molar-refractivity contribution in [2.45, 2.75) is 6.54 Å². The fraction of sp³-hybridized carbons (Fsp3) is 0.400. The van der Waals surface area contributed by atoms with Crippen molar-refractivity contribution in [1.82, 2.24) is 9.88 Å². The Hall–Kier alpha value is -1.59. The molecule has 2 aromatic rings. The van der Waals surface area contributed by atoms with E-state index in [9.17, 15) is 0 Å². The van der Waals surface area contributed by atoms with Crippen LogP contribution in [0.2, 0.25) is 0 Å². The Labute approximate surface area is 123 Å². The van der Waals surface area contributed by atoms with Crippen molar-refractivity contribution in [3.8, 4) is 5.75 Å². The molecule has 0 bridgehead atoms. The number of ether oxygens (including phenoxy) is 1. The van der Waals surface area contributed by atoms with E-state index in [4.69, 9.17) is 4.74 Å². The van der Waals surface area contributed by atoms with Gasteiger partial charge in [-0.3, -0.25) is 4.90 Å². The van der Waals surface area contributed by atoms with Gasteiger partial charge in [0.25, 0.3) is 0 Å². The molecule has 5 heteroatoms. The van der Waals surface area contributed by atoms with E-state index in [1.807, 2.05) is 17.6 Å². The number of methoxy groups -OCH3 is 1. The number of anilines is 1. The summed E-state index contributed by atoms with van der Waals surface area (Å²) in [5.74, 6) is 0.934. The summed E-state index contributed by atoms with van der Waals surface area (Å²) in [6.07, 6.45) is 1.88. The number of piperazine rings is 1. The lowest BCUT2D eigenvalue weighted by Crippen LogP contribution is -2.45. The van der Waals surface area contributed by atoms with Crippen LogP contribution < -0.4 is 9.64 Å². The van der Waals surface area contributed by atoms with Crippen LogP contribution in [0.15, 0.2) is 35.8 Å². The zero-order chi connectivity index (χ0) is 13.8. The predicted molar refractivity (Wildman–Crippen MR) is 82.6 cm³/mol. The van der Waals surface area contributed by atoms with Gasteiger partial charge in [0.15, 0.2) is 5.13 Å². The van der Waals surface area contributed by atoms with Crippen molar-refractivity contribution in [3.05, 3.63) is 41.4 Å². The second-order valence-electron chi connectivity index (χ2n) is 4.93. The highest BCUT2D eigenvalue weighted by Crippen LogP contribution is 2.20. The second kappa shape index (κ2) is 6.24. The van der Waals surface area contributed by atoms with Crippen LogP contribution in [-0.4, -0.2) is 43.2 Å². The topological polar surface area (TPSA) is 28.6 Å². The zero-order valence-electron chi connectivity index (χ0n) is 11.7. The molecule has 1 aromatic carbocycles. The lowest BCUT2D eigenvalue weighted by atomic mass is 10.2. The van der Waals surface area contributed by atoms with Crippen molar-refractivity contribution in [2.24, 2.45) is 0 Å². The van der Waals surface area contributed by atoms with Crippen molar-refractivity contribution in [1.29, 1.82) is 0 Å². The normalized spacial score (nSPS) is 16.4. The third kappa shape index (κ3) is 3.11. The number of hydrogen-bond donors (Lipinski definition) is 0. The van der Waals surface area contributed by atoms with Gasteiger partial charge in [-0.15, -0.1) is 11.3 Å². The minimum Gasteiger partial charge on any atom is -0.497 e. The molecule has 1 aliphatic rings. The van der Waals surface area contributed by atoms with E-state index in [1.165, 1.54) is 5.56 Å². The quantitative estimate of drug-likeness (QED) is 0.864. The molecule has 1 aliphatic heterocycles. The van der Waals surface area contributed by atoms with Gasteiger partial charge in [-0.05, 0) is 17.7 Å². The first-order valence-electron chi connectivity index (χ1n) is 6.85. The van der Waals surface area contributed by atoms with E-state index in [-0.39, 0.29) is 0 Å². The highest BCUT2D eigenvalue weighted by atomic mass is 32.1. The molecule has 1 fully saturated rings. The third-order valence-corrected chi connectivity index (χ3v) is 4.43. The highest BCUT2D eigenvalue weighted by Gasteiger charge is 2.18. The number of rotatable bonds is 4. The Kier molecular flexibility index (Phi) is 4.18. The number of benzene rings is 1. The van der Waals surface area contributed by atoms with Crippen molar-refractivity contribution in [3.63, 3.8) is 0 Å². The molecule has 0 aliphatic carbocycles. The molecule has 2 heterocycles. The summed E-state index contributed by atoms with van der Waals surface area (Å²) in [7, 11) is 1.71. The maximum atomic E-state index is 5.28. The first-order valence-corrected chi connectivity index (χ1v) is 7.73. The summed E-state index contributed by atoms with van der Waals surface area (Å²) in [5.41, 5.74) is 1.31. The average molecular weight is 289 g/mol. The smallest absolute Gasteiger partial charge is 0.185 e. The van der Waals surface area contributed by atoms with E-state index < -0.39 is 0 Å². The summed E-state index contributed by atoms with van der Waals surface area (Å²) in [5, 5.41) is 3.18. The van der Waals surface area contributed by atoms with Gasteiger partial charge in [0.2, 0.25) is 0 Å². The van der Waals surface area contributed by atoms with Gasteiger partial charge in [-0.25, -0.2) is 4.98 Å². The fourth-order valence-corrected chi connectivity index (χ4v) is 3.20. The minimum absolute atomic E-state index is 0.934. The Morgan fingerprint density at radius 1 is 1.25 bits per heavy atom. The predicted octanol–water partition coefficient (Wildman–Crippen LogP) is 2.47. The Balaban J connectivity index is 1.55. The van der Waals surface area contributed by atoms with Crippen LogP contribution in [-0.2, 0) is 6.54 Å². The van der Waals surface area contributed by atoms with Gasteiger partial charge in [0, 0.05) is 44.3 Å². The van der Waals surface area contributed by atoms with Gasteiger partial charge in [-0.1, -0.05) is 12.1 Å².